The van der Waals surface area contributed by atoms with Gasteiger partial charge in [-0.25, -0.2) is 9.78 Å². The second kappa shape index (κ2) is 11.5. The molecular formula is C32H28Cl3N3O5. The molecule has 3 heterocycles. The summed E-state index contributed by atoms with van der Waals surface area (Å²) in [4.78, 5) is 31.4. The van der Waals surface area contributed by atoms with E-state index in [-0.39, 0.29) is 35.3 Å². The Kier molecular flexibility index (Phi) is 7.87. The Bertz CT molecular complexity index is 1720. The molecular weight excluding hydrogens is 613 g/mol. The third kappa shape index (κ3) is 6.09. The fraction of sp³-hybridized carbons (Fsp3) is 0.312. The minimum Gasteiger partial charge on any atom is -0.489 e. The molecule has 0 bridgehead atoms. The summed E-state index contributed by atoms with van der Waals surface area (Å²) >= 11 is 19.6. The van der Waals surface area contributed by atoms with Crippen LogP contribution < -0.4 is 9.64 Å². The number of rotatable bonds is 7. The first kappa shape index (κ1) is 29.5. The molecule has 1 fully saturated rings. The largest absolute Gasteiger partial charge is 0.489 e. The number of anilines is 2. The molecule has 11 heteroatoms. The third-order valence-corrected chi connectivity index (χ3v) is 8.08. The molecule has 0 saturated heterocycles. The standard InChI is InChI=1S/C32H28Cl3N3O5/c1-32(2,3)42-31(40)19-14-24(35)30(36-15-19)38-25-11-10-20(13-18(25)9-12-26(38)39)41-16-21-28(37-43-29(21)17-7-8-17)27-22(33)5-4-6-23(27)34/h4-6,10-11,13-15,17H,7-9,12,16H2,1-3H3. The predicted octanol–water partition coefficient (Wildman–Crippen LogP) is 8.72. The van der Waals surface area contributed by atoms with Crippen LogP contribution in [0.4, 0.5) is 11.5 Å². The summed E-state index contributed by atoms with van der Waals surface area (Å²) in [6.45, 7) is 5.54. The van der Waals surface area contributed by atoms with Crippen molar-refractivity contribution in [3.05, 3.63) is 86.2 Å². The quantitative estimate of drug-likeness (QED) is 0.186. The summed E-state index contributed by atoms with van der Waals surface area (Å²) < 4.78 is 17.4. The number of esters is 1. The van der Waals surface area contributed by atoms with Crippen molar-refractivity contribution in [1.29, 1.82) is 0 Å². The lowest BCUT2D eigenvalue weighted by atomic mass is 10.0. The SMILES string of the molecule is CC(C)(C)OC(=O)c1cnc(N2C(=O)CCc3cc(OCc4c(-c5c(Cl)cccc5Cl)noc4C4CC4)ccc32)c(Cl)c1. The summed E-state index contributed by atoms with van der Waals surface area (Å²) in [5.74, 6) is 1.25. The third-order valence-electron chi connectivity index (χ3n) is 7.17. The van der Waals surface area contributed by atoms with E-state index in [2.05, 4.69) is 10.1 Å². The normalized spacial score (nSPS) is 14.9. The van der Waals surface area contributed by atoms with Gasteiger partial charge >= 0.3 is 5.97 Å². The zero-order valence-electron chi connectivity index (χ0n) is 23.7. The van der Waals surface area contributed by atoms with Crippen LogP contribution in [0.2, 0.25) is 15.1 Å². The van der Waals surface area contributed by atoms with Gasteiger partial charge in [-0.05, 0) is 82.0 Å². The summed E-state index contributed by atoms with van der Waals surface area (Å²) in [6, 6.07) is 12.3. The monoisotopic (exact) mass is 639 g/mol. The van der Waals surface area contributed by atoms with Crippen molar-refractivity contribution < 1.29 is 23.6 Å². The maximum absolute atomic E-state index is 13.1. The molecule has 1 aliphatic heterocycles. The van der Waals surface area contributed by atoms with Crippen LogP contribution in [0.25, 0.3) is 11.3 Å². The van der Waals surface area contributed by atoms with E-state index in [9.17, 15) is 9.59 Å². The smallest absolute Gasteiger partial charge is 0.340 e. The number of halogens is 3. The van der Waals surface area contributed by atoms with Gasteiger partial charge in [0, 0.05) is 24.1 Å². The second-order valence-electron chi connectivity index (χ2n) is 11.6. The highest BCUT2D eigenvalue weighted by atomic mass is 35.5. The lowest BCUT2D eigenvalue weighted by molar-refractivity contribution is -0.118. The summed E-state index contributed by atoms with van der Waals surface area (Å²) in [6.07, 6.45) is 4.20. The first-order valence-corrected chi connectivity index (χ1v) is 15.0. The van der Waals surface area contributed by atoms with Gasteiger partial charge < -0.3 is 14.0 Å². The summed E-state index contributed by atoms with van der Waals surface area (Å²) in [7, 11) is 0. The van der Waals surface area contributed by atoms with Crippen LogP contribution >= 0.6 is 34.8 Å². The Balaban J connectivity index is 1.26. The van der Waals surface area contributed by atoms with Crippen molar-refractivity contribution in [3.8, 4) is 17.0 Å². The number of carbonyl (C=O) groups excluding carboxylic acids is 2. The Morgan fingerprint density at radius 3 is 2.47 bits per heavy atom. The first-order valence-electron chi connectivity index (χ1n) is 13.9. The average molecular weight is 641 g/mol. The summed E-state index contributed by atoms with van der Waals surface area (Å²) in [5.41, 5.74) is 3.08. The molecule has 4 aromatic rings. The molecule has 0 spiro atoms. The van der Waals surface area contributed by atoms with E-state index in [1.165, 1.54) is 17.2 Å². The number of aryl methyl sites for hydroxylation is 1. The maximum Gasteiger partial charge on any atom is 0.340 e. The Morgan fingerprint density at radius 1 is 1.05 bits per heavy atom. The number of ether oxygens (including phenoxy) is 2. The molecule has 2 aliphatic rings. The van der Waals surface area contributed by atoms with E-state index < -0.39 is 11.6 Å². The number of amides is 1. The Labute approximate surface area is 263 Å². The van der Waals surface area contributed by atoms with Crippen molar-refractivity contribution in [2.45, 2.75) is 64.6 Å². The van der Waals surface area contributed by atoms with Gasteiger partial charge in [0.05, 0.1) is 31.9 Å². The van der Waals surface area contributed by atoms with Crippen molar-refractivity contribution >= 4 is 58.2 Å². The second-order valence-corrected chi connectivity index (χ2v) is 12.8. The highest BCUT2D eigenvalue weighted by Gasteiger charge is 2.34. The van der Waals surface area contributed by atoms with Gasteiger partial charge in [0.2, 0.25) is 5.91 Å². The molecule has 0 unspecified atom stereocenters. The van der Waals surface area contributed by atoms with E-state index in [1.807, 2.05) is 12.1 Å². The number of carbonyl (C=O) groups is 2. The molecule has 2 aromatic heterocycles. The van der Waals surface area contributed by atoms with E-state index in [0.717, 1.165) is 29.7 Å². The van der Waals surface area contributed by atoms with Crippen LogP contribution in [-0.2, 0) is 22.6 Å². The molecule has 1 aliphatic carbocycles. The number of benzene rings is 2. The number of hydrogen-bond acceptors (Lipinski definition) is 7. The van der Waals surface area contributed by atoms with Crippen LogP contribution in [0.1, 0.15) is 73.2 Å². The molecule has 0 atom stereocenters. The van der Waals surface area contributed by atoms with Gasteiger partial charge in [0.15, 0.2) is 5.82 Å². The highest BCUT2D eigenvalue weighted by molar-refractivity contribution is 6.39. The van der Waals surface area contributed by atoms with Gasteiger partial charge in [-0.2, -0.15) is 0 Å². The predicted molar refractivity (Wildman–Crippen MR) is 165 cm³/mol. The summed E-state index contributed by atoms with van der Waals surface area (Å²) in [5, 5.41) is 5.45. The van der Waals surface area contributed by atoms with Crippen LogP contribution in [0.15, 0.2) is 53.2 Å². The van der Waals surface area contributed by atoms with E-state index in [4.69, 9.17) is 48.8 Å². The number of hydrogen-bond donors (Lipinski definition) is 0. The minimum absolute atomic E-state index is 0.152. The number of pyridine rings is 1. The highest BCUT2D eigenvalue weighted by Crippen LogP contribution is 2.46. The van der Waals surface area contributed by atoms with Gasteiger partial charge in [-0.3, -0.25) is 9.69 Å². The molecule has 1 saturated carbocycles. The van der Waals surface area contributed by atoms with Crippen LogP contribution in [0.3, 0.4) is 0 Å². The van der Waals surface area contributed by atoms with Crippen molar-refractivity contribution in [2.24, 2.45) is 0 Å². The topological polar surface area (TPSA) is 94.8 Å². The molecule has 1 amide bonds. The maximum atomic E-state index is 13.1. The van der Waals surface area contributed by atoms with Crippen LogP contribution in [0.5, 0.6) is 5.75 Å². The minimum atomic E-state index is -0.666. The number of fused-ring (bicyclic) bond motifs is 1. The zero-order chi connectivity index (χ0) is 30.5. The van der Waals surface area contributed by atoms with Gasteiger partial charge in [-0.15, -0.1) is 0 Å². The zero-order valence-corrected chi connectivity index (χ0v) is 26.0. The molecule has 0 radical (unpaired) electrons. The molecule has 2 aromatic carbocycles. The lowest BCUT2D eigenvalue weighted by Gasteiger charge is -2.29. The number of nitrogens with zero attached hydrogens (tertiary/aromatic N) is 3. The molecule has 0 N–H and O–H groups in total. The van der Waals surface area contributed by atoms with Crippen LogP contribution in [-0.4, -0.2) is 27.6 Å². The molecule has 6 rings (SSSR count). The fourth-order valence-corrected chi connectivity index (χ4v) is 5.86. The fourth-order valence-electron chi connectivity index (χ4n) is 5.04. The molecule has 8 nitrogen and oxygen atoms in total. The van der Waals surface area contributed by atoms with Crippen molar-refractivity contribution in [1.82, 2.24) is 10.1 Å². The van der Waals surface area contributed by atoms with Crippen molar-refractivity contribution in [2.75, 3.05) is 4.90 Å². The molecule has 43 heavy (non-hydrogen) atoms. The van der Waals surface area contributed by atoms with E-state index in [1.54, 1.807) is 45.0 Å². The van der Waals surface area contributed by atoms with Crippen LogP contribution in [0, 0.1) is 0 Å². The Hall–Kier alpha value is -3.59. The first-order chi connectivity index (χ1) is 20.5. The van der Waals surface area contributed by atoms with Gasteiger partial charge in [0.25, 0.3) is 0 Å². The lowest BCUT2D eigenvalue weighted by Crippen LogP contribution is -2.32. The van der Waals surface area contributed by atoms with E-state index in [0.29, 0.717) is 45.1 Å². The average Bonchev–Trinajstić information content (AvgIpc) is 3.71. The van der Waals surface area contributed by atoms with E-state index >= 15 is 0 Å². The molecule has 222 valence electrons. The van der Waals surface area contributed by atoms with Gasteiger partial charge in [-0.1, -0.05) is 46.0 Å². The number of aromatic nitrogens is 2. The van der Waals surface area contributed by atoms with Gasteiger partial charge in [0.1, 0.15) is 29.4 Å². The Morgan fingerprint density at radius 2 is 1.79 bits per heavy atom. The van der Waals surface area contributed by atoms with Crippen molar-refractivity contribution in [3.63, 3.8) is 0 Å².